The topological polar surface area (TPSA) is 41.1 Å². The van der Waals surface area contributed by atoms with Crippen LogP contribution in [-0.2, 0) is 4.79 Å². The lowest BCUT2D eigenvalue weighted by atomic mass is 10.0. The molecule has 0 aromatic carbocycles. The van der Waals surface area contributed by atoms with Gasteiger partial charge in [-0.15, -0.1) is 0 Å². The van der Waals surface area contributed by atoms with Crippen molar-refractivity contribution in [1.82, 2.24) is 10.6 Å². The molecule has 0 spiro atoms. The van der Waals surface area contributed by atoms with Crippen molar-refractivity contribution in [2.45, 2.75) is 24.5 Å². The van der Waals surface area contributed by atoms with Gasteiger partial charge in [0.25, 0.3) is 0 Å². The van der Waals surface area contributed by atoms with E-state index < -0.39 is 0 Å². The second-order valence-electron chi connectivity index (χ2n) is 4.09. The van der Waals surface area contributed by atoms with Gasteiger partial charge in [-0.25, -0.2) is 0 Å². The van der Waals surface area contributed by atoms with E-state index in [1.54, 1.807) is 0 Å². The molecule has 14 heavy (non-hydrogen) atoms. The van der Waals surface area contributed by atoms with Gasteiger partial charge >= 0.3 is 0 Å². The van der Waals surface area contributed by atoms with Crippen molar-refractivity contribution in [1.29, 1.82) is 0 Å². The maximum Gasteiger partial charge on any atom is 0.225 e. The molecule has 1 unspecified atom stereocenters. The molecule has 80 valence electrons. The summed E-state index contributed by atoms with van der Waals surface area (Å²) in [6, 6.07) is 0. The highest BCUT2D eigenvalue weighted by Gasteiger charge is 2.25. The Kier molecular flexibility index (Phi) is 3.70. The van der Waals surface area contributed by atoms with E-state index in [2.05, 4.69) is 10.6 Å². The molecule has 2 fully saturated rings. The number of thioether (sulfide) groups is 1. The van der Waals surface area contributed by atoms with Gasteiger partial charge in [0.2, 0.25) is 5.91 Å². The molecule has 1 atom stereocenters. The van der Waals surface area contributed by atoms with Gasteiger partial charge in [-0.2, -0.15) is 11.8 Å². The van der Waals surface area contributed by atoms with Gasteiger partial charge in [0.15, 0.2) is 0 Å². The van der Waals surface area contributed by atoms with Crippen LogP contribution in [0.1, 0.15) is 19.3 Å². The summed E-state index contributed by atoms with van der Waals surface area (Å²) in [7, 11) is 0. The third-order valence-corrected chi connectivity index (χ3v) is 4.33. The fraction of sp³-hybridized carbons (Fsp3) is 0.900. The number of amides is 1. The molecule has 2 rings (SSSR count). The molecule has 4 heteroatoms. The standard InChI is InChI=1S/C10H18N2OS/c13-10(8-5-11-6-8)12-7-9-3-1-2-4-14-9/h8-9,11H,1-7H2,(H,12,13). The van der Waals surface area contributed by atoms with Gasteiger partial charge in [-0.05, 0) is 18.6 Å². The SMILES string of the molecule is O=C(NCC1CCCCS1)C1CNC1. The summed E-state index contributed by atoms with van der Waals surface area (Å²) < 4.78 is 0. The molecule has 3 nitrogen and oxygen atoms in total. The highest BCUT2D eigenvalue weighted by molar-refractivity contribution is 7.99. The van der Waals surface area contributed by atoms with E-state index in [-0.39, 0.29) is 11.8 Å². The second kappa shape index (κ2) is 5.03. The normalized spacial score (nSPS) is 28.1. The molecule has 2 saturated heterocycles. The van der Waals surface area contributed by atoms with Crippen molar-refractivity contribution in [2.24, 2.45) is 5.92 Å². The summed E-state index contributed by atoms with van der Waals surface area (Å²) >= 11 is 2.01. The van der Waals surface area contributed by atoms with Crippen molar-refractivity contribution in [3.8, 4) is 0 Å². The highest BCUT2D eigenvalue weighted by atomic mass is 32.2. The first kappa shape index (κ1) is 10.3. The van der Waals surface area contributed by atoms with Crippen LogP contribution in [0.2, 0.25) is 0 Å². The Bertz CT molecular complexity index is 200. The Labute approximate surface area is 89.4 Å². The molecule has 2 aliphatic heterocycles. The van der Waals surface area contributed by atoms with E-state index in [4.69, 9.17) is 0 Å². The van der Waals surface area contributed by atoms with Gasteiger partial charge in [0, 0.05) is 24.9 Å². The molecule has 0 aliphatic carbocycles. The Balaban J connectivity index is 1.62. The van der Waals surface area contributed by atoms with Crippen LogP contribution in [0.3, 0.4) is 0 Å². The van der Waals surface area contributed by atoms with E-state index >= 15 is 0 Å². The number of rotatable bonds is 3. The largest absolute Gasteiger partial charge is 0.355 e. The predicted molar refractivity (Wildman–Crippen MR) is 59.5 cm³/mol. The summed E-state index contributed by atoms with van der Waals surface area (Å²) in [6.45, 7) is 2.60. The Morgan fingerprint density at radius 2 is 2.29 bits per heavy atom. The maximum absolute atomic E-state index is 11.5. The lowest BCUT2D eigenvalue weighted by Gasteiger charge is -2.27. The number of carbonyl (C=O) groups is 1. The molecule has 1 amide bonds. The molecule has 0 radical (unpaired) electrons. The molecular weight excluding hydrogens is 196 g/mol. The zero-order valence-electron chi connectivity index (χ0n) is 8.42. The van der Waals surface area contributed by atoms with Gasteiger partial charge in [-0.3, -0.25) is 4.79 Å². The van der Waals surface area contributed by atoms with Crippen molar-refractivity contribution in [3.63, 3.8) is 0 Å². The number of nitrogens with one attached hydrogen (secondary N) is 2. The smallest absolute Gasteiger partial charge is 0.225 e. The van der Waals surface area contributed by atoms with Crippen LogP contribution >= 0.6 is 11.8 Å². The minimum Gasteiger partial charge on any atom is -0.355 e. The lowest BCUT2D eigenvalue weighted by molar-refractivity contribution is -0.126. The third-order valence-electron chi connectivity index (χ3n) is 2.93. The van der Waals surface area contributed by atoms with E-state index in [0.717, 1.165) is 19.6 Å². The van der Waals surface area contributed by atoms with Crippen molar-refractivity contribution in [3.05, 3.63) is 0 Å². The number of hydrogen-bond acceptors (Lipinski definition) is 3. The summed E-state index contributed by atoms with van der Waals surface area (Å²) in [6.07, 6.45) is 3.95. The van der Waals surface area contributed by atoms with Gasteiger partial charge in [0.1, 0.15) is 0 Å². The fourth-order valence-corrected chi connectivity index (χ4v) is 3.04. The van der Waals surface area contributed by atoms with Gasteiger partial charge in [0.05, 0.1) is 5.92 Å². The quantitative estimate of drug-likeness (QED) is 0.723. The van der Waals surface area contributed by atoms with Gasteiger partial charge < -0.3 is 10.6 Å². The first-order valence-corrected chi connectivity index (χ1v) is 6.51. The minimum atomic E-state index is 0.239. The fourth-order valence-electron chi connectivity index (χ4n) is 1.80. The molecule has 0 aromatic rings. The summed E-state index contributed by atoms with van der Waals surface area (Å²) in [5, 5.41) is 6.84. The molecule has 2 aliphatic rings. The predicted octanol–water partition coefficient (Wildman–Crippen LogP) is 0.608. The monoisotopic (exact) mass is 214 g/mol. The van der Waals surface area contributed by atoms with Crippen LogP contribution in [0.15, 0.2) is 0 Å². The van der Waals surface area contributed by atoms with Crippen LogP contribution in [0.25, 0.3) is 0 Å². The average molecular weight is 214 g/mol. The molecule has 2 heterocycles. The first-order chi connectivity index (χ1) is 6.86. The lowest BCUT2D eigenvalue weighted by Crippen LogP contribution is -2.51. The zero-order valence-corrected chi connectivity index (χ0v) is 9.24. The van der Waals surface area contributed by atoms with Crippen LogP contribution in [-0.4, -0.2) is 36.5 Å². The van der Waals surface area contributed by atoms with Crippen molar-refractivity contribution < 1.29 is 4.79 Å². The summed E-state index contributed by atoms with van der Waals surface area (Å²) in [5.74, 6) is 1.75. The highest BCUT2D eigenvalue weighted by Crippen LogP contribution is 2.24. The summed E-state index contributed by atoms with van der Waals surface area (Å²) in [5.41, 5.74) is 0. The molecule has 0 bridgehead atoms. The van der Waals surface area contributed by atoms with Crippen molar-refractivity contribution in [2.75, 3.05) is 25.4 Å². The van der Waals surface area contributed by atoms with Crippen molar-refractivity contribution >= 4 is 17.7 Å². The number of carbonyl (C=O) groups excluding carboxylic acids is 1. The van der Waals surface area contributed by atoms with Gasteiger partial charge in [-0.1, -0.05) is 6.42 Å². The molecule has 2 N–H and O–H groups in total. The average Bonchev–Trinajstić information content (AvgIpc) is 2.14. The second-order valence-corrected chi connectivity index (χ2v) is 5.50. The first-order valence-electron chi connectivity index (χ1n) is 5.46. The van der Waals surface area contributed by atoms with Crippen LogP contribution in [0.4, 0.5) is 0 Å². The maximum atomic E-state index is 11.5. The van der Waals surface area contributed by atoms with E-state index in [9.17, 15) is 4.79 Å². The Hall–Kier alpha value is -0.220. The number of hydrogen-bond donors (Lipinski definition) is 2. The summed E-state index contributed by atoms with van der Waals surface area (Å²) in [4.78, 5) is 11.5. The molecular formula is C10H18N2OS. The Morgan fingerprint density at radius 1 is 1.43 bits per heavy atom. The van der Waals surface area contributed by atoms with Crippen LogP contribution in [0, 0.1) is 5.92 Å². The van der Waals surface area contributed by atoms with Crippen LogP contribution < -0.4 is 10.6 Å². The molecule has 0 saturated carbocycles. The zero-order chi connectivity index (χ0) is 9.80. The Morgan fingerprint density at radius 3 is 2.86 bits per heavy atom. The van der Waals surface area contributed by atoms with E-state index in [1.165, 1.54) is 25.0 Å². The van der Waals surface area contributed by atoms with E-state index in [1.807, 2.05) is 11.8 Å². The van der Waals surface area contributed by atoms with Crippen LogP contribution in [0.5, 0.6) is 0 Å². The minimum absolute atomic E-state index is 0.239. The molecule has 0 aromatic heterocycles. The third kappa shape index (κ3) is 2.64. The van der Waals surface area contributed by atoms with E-state index in [0.29, 0.717) is 5.25 Å².